The second-order valence-electron chi connectivity index (χ2n) is 4.04. The second-order valence-corrected chi connectivity index (χ2v) is 4.04. The van der Waals surface area contributed by atoms with E-state index in [9.17, 15) is 18.0 Å². The van der Waals surface area contributed by atoms with Gasteiger partial charge in [-0.15, -0.1) is 0 Å². The van der Waals surface area contributed by atoms with Gasteiger partial charge in [0.15, 0.2) is 11.6 Å². The standard InChI is InChI=1S/C14H10F3NO/c1-8-6-9(15)2-4-11(8)14(19)18-10-3-5-12(16)13(17)7-10/h2-7H,1H3,(H,18,19). The van der Waals surface area contributed by atoms with Crippen molar-refractivity contribution in [1.29, 1.82) is 0 Å². The summed E-state index contributed by atoms with van der Waals surface area (Å²) in [7, 11) is 0. The number of aryl methyl sites for hydroxylation is 1. The van der Waals surface area contributed by atoms with Gasteiger partial charge in [-0.1, -0.05) is 0 Å². The Kier molecular flexibility index (Phi) is 3.55. The average molecular weight is 265 g/mol. The van der Waals surface area contributed by atoms with Crippen molar-refractivity contribution < 1.29 is 18.0 Å². The lowest BCUT2D eigenvalue weighted by Crippen LogP contribution is -2.13. The number of amides is 1. The molecule has 0 aliphatic carbocycles. The van der Waals surface area contributed by atoms with Gasteiger partial charge in [-0.2, -0.15) is 0 Å². The summed E-state index contributed by atoms with van der Waals surface area (Å²) in [6.07, 6.45) is 0. The molecule has 5 heteroatoms. The summed E-state index contributed by atoms with van der Waals surface area (Å²) in [5.74, 6) is -2.99. The molecule has 2 aromatic carbocycles. The second kappa shape index (κ2) is 5.14. The summed E-state index contributed by atoms with van der Waals surface area (Å²) in [6.45, 7) is 1.59. The number of hydrogen-bond donors (Lipinski definition) is 1. The van der Waals surface area contributed by atoms with Crippen molar-refractivity contribution in [2.75, 3.05) is 5.32 Å². The molecular weight excluding hydrogens is 255 g/mol. The molecule has 0 aromatic heterocycles. The zero-order chi connectivity index (χ0) is 14.0. The van der Waals surface area contributed by atoms with E-state index in [0.717, 1.165) is 18.2 Å². The fourth-order valence-corrected chi connectivity index (χ4v) is 1.65. The SMILES string of the molecule is Cc1cc(F)ccc1C(=O)Nc1ccc(F)c(F)c1. The highest BCUT2D eigenvalue weighted by Gasteiger charge is 2.11. The highest BCUT2D eigenvalue weighted by Crippen LogP contribution is 2.16. The van der Waals surface area contributed by atoms with Gasteiger partial charge in [-0.3, -0.25) is 4.79 Å². The molecule has 0 atom stereocenters. The molecule has 0 fully saturated rings. The predicted octanol–water partition coefficient (Wildman–Crippen LogP) is 3.66. The van der Waals surface area contributed by atoms with E-state index in [2.05, 4.69) is 5.32 Å². The van der Waals surface area contributed by atoms with E-state index < -0.39 is 23.4 Å². The molecule has 0 aliphatic rings. The summed E-state index contributed by atoms with van der Waals surface area (Å²) in [4.78, 5) is 11.9. The molecule has 1 amide bonds. The molecule has 98 valence electrons. The van der Waals surface area contributed by atoms with Crippen LogP contribution in [0.5, 0.6) is 0 Å². The maximum absolute atomic E-state index is 13.0. The molecule has 0 bridgehead atoms. The van der Waals surface area contributed by atoms with E-state index in [1.807, 2.05) is 0 Å². The molecule has 0 heterocycles. The first-order valence-corrected chi connectivity index (χ1v) is 5.50. The quantitative estimate of drug-likeness (QED) is 0.882. The van der Waals surface area contributed by atoms with Gasteiger partial charge >= 0.3 is 0 Å². The molecule has 2 rings (SSSR count). The Balaban J connectivity index is 2.23. The number of carbonyl (C=O) groups excluding carboxylic acids is 1. The maximum Gasteiger partial charge on any atom is 0.255 e. The minimum atomic E-state index is -1.05. The number of nitrogens with one attached hydrogen (secondary N) is 1. The number of rotatable bonds is 2. The Morgan fingerprint density at radius 1 is 1.00 bits per heavy atom. The Morgan fingerprint density at radius 3 is 2.37 bits per heavy atom. The van der Waals surface area contributed by atoms with Crippen LogP contribution in [0.3, 0.4) is 0 Å². The van der Waals surface area contributed by atoms with Gasteiger partial charge < -0.3 is 5.32 Å². The van der Waals surface area contributed by atoms with E-state index >= 15 is 0 Å². The molecule has 0 unspecified atom stereocenters. The largest absolute Gasteiger partial charge is 0.322 e. The van der Waals surface area contributed by atoms with Crippen LogP contribution < -0.4 is 5.32 Å². The van der Waals surface area contributed by atoms with E-state index in [4.69, 9.17) is 0 Å². The number of halogens is 3. The molecule has 2 aromatic rings. The maximum atomic E-state index is 13.0. The zero-order valence-electron chi connectivity index (χ0n) is 10.0. The number of benzene rings is 2. The summed E-state index contributed by atoms with van der Waals surface area (Å²) >= 11 is 0. The van der Waals surface area contributed by atoms with Crippen LogP contribution in [0.15, 0.2) is 36.4 Å². The van der Waals surface area contributed by atoms with Crippen LogP contribution >= 0.6 is 0 Å². The monoisotopic (exact) mass is 265 g/mol. The Hall–Kier alpha value is -2.30. The van der Waals surface area contributed by atoms with Crippen LogP contribution in [-0.4, -0.2) is 5.91 Å². The van der Waals surface area contributed by atoms with Crippen LogP contribution in [0, 0.1) is 24.4 Å². The van der Waals surface area contributed by atoms with Gasteiger partial charge in [-0.05, 0) is 42.8 Å². The fourth-order valence-electron chi connectivity index (χ4n) is 1.65. The van der Waals surface area contributed by atoms with Crippen molar-refractivity contribution in [3.05, 3.63) is 65.0 Å². The molecule has 0 saturated carbocycles. The van der Waals surface area contributed by atoms with Crippen LogP contribution in [0.4, 0.5) is 18.9 Å². The van der Waals surface area contributed by atoms with Crippen molar-refractivity contribution in [2.45, 2.75) is 6.92 Å². The Morgan fingerprint density at radius 2 is 1.74 bits per heavy atom. The van der Waals surface area contributed by atoms with Gasteiger partial charge in [0.2, 0.25) is 0 Å². The van der Waals surface area contributed by atoms with Crippen LogP contribution in [0.2, 0.25) is 0 Å². The first kappa shape index (κ1) is 13.1. The zero-order valence-corrected chi connectivity index (χ0v) is 10.0. The summed E-state index contributed by atoms with van der Waals surface area (Å²) in [6, 6.07) is 6.76. The highest BCUT2D eigenvalue weighted by atomic mass is 19.2. The van der Waals surface area contributed by atoms with Gasteiger partial charge in [0.1, 0.15) is 5.82 Å². The summed E-state index contributed by atoms with van der Waals surface area (Å²) < 4.78 is 38.6. The molecule has 0 radical (unpaired) electrons. The van der Waals surface area contributed by atoms with Crippen LogP contribution in [-0.2, 0) is 0 Å². The van der Waals surface area contributed by atoms with Crippen molar-refractivity contribution >= 4 is 11.6 Å². The minimum Gasteiger partial charge on any atom is -0.322 e. The third kappa shape index (κ3) is 2.93. The van der Waals surface area contributed by atoms with Crippen LogP contribution in [0.1, 0.15) is 15.9 Å². The Labute approximate surface area is 107 Å². The molecule has 0 saturated heterocycles. The lowest BCUT2D eigenvalue weighted by molar-refractivity contribution is 0.102. The Bertz CT molecular complexity index is 641. The molecule has 0 spiro atoms. The predicted molar refractivity (Wildman–Crippen MR) is 65.4 cm³/mol. The fraction of sp³-hybridized carbons (Fsp3) is 0.0714. The summed E-state index contributed by atoms with van der Waals surface area (Å²) in [5.41, 5.74) is 0.860. The van der Waals surface area contributed by atoms with Crippen molar-refractivity contribution in [3.8, 4) is 0 Å². The number of hydrogen-bond acceptors (Lipinski definition) is 1. The average Bonchev–Trinajstić information content (AvgIpc) is 2.33. The van der Waals surface area contributed by atoms with Gasteiger partial charge in [0.25, 0.3) is 5.91 Å². The van der Waals surface area contributed by atoms with E-state index in [1.165, 1.54) is 18.2 Å². The topological polar surface area (TPSA) is 29.1 Å². The van der Waals surface area contributed by atoms with E-state index in [-0.39, 0.29) is 11.3 Å². The van der Waals surface area contributed by atoms with Crippen molar-refractivity contribution in [1.82, 2.24) is 0 Å². The van der Waals surface area contributed by atoms with Crippen LogP contribution in [0.25, 0.3) is 0 Å². The molecule has 2 nitrogen and oxygen atoms in total. The minimum absolute atomic E-state index is 0.132. The van der Waals surface area contributed by atoms with E-state index in [0.29, 0.717) is 5.56 Å². The smallest absolute Gasteiger partial charge is 0.255 e. The third-order valence-corrected chi connectivity index (χ3v) is 2.61. The normalized spacial score (nSPS) is 10.3. The molecule has 1 N–H and O–H groups in total. The molecular formula is C14H10F3NO. The summed E-state index contributed by atoms with van der Waals surface area (Å²) in [5, 5.41) is 2.42. The van der Waals surface area contributed by atoms with Gasteiger partial charge in [-0.25, -0.2) is 13.2 Å². The highest BCUT2D eigenvalue weighted by molar-refractivity contribution is 6.05. The number of carbonyl (C=O) groups is 1. The lowest BCUT2D eigenvalue weighted by atomic mass is 10.1. The van der Waals surface area contributed by atoms with Gasteiger partial charge in [0.05, 0.1) is 0 Å². The lowest BCUT2D eigenvalue weighted by Gasteiger charge is -2.08. The molecule has 19 heavy (non-hydrogen) atoms. The van der Waals surface area contributed by atoms with Crippen molar-refractivity contribution in [3.63, 3.8) is 0 Å². The van der Waals surface area contributed by atoms with Gasteiger partial charge in [0, 0.05) is 17.3 Å². The number of anilines is 1. The third-order valence-electron chi connectivity index (χ3n) is 2.61. The van der Waals surface area contributed by atoms with Crippen molar-refractivity contribution in [2.24, 2.45) is 0 Å². The first-order chi connectivity index (χ1) is 8.97. The van der Waals surface area contributed by atoms with E-state index in [1.54, 1.807) is 6.92 Å². The first-order valence-electron chi connectivity index (χ1n) is 5.50. The molecule has 0 aliphatic heterocycles.